The normalized spacial score (nSPS) is 21.9. The zero-order valence-corrected chi connectivity index (χ0v) is 11.4. The highest BCUT2D eigenvalue weighted by Crippen LogP contribution is 2.19. The van der Waals surface area contributed by atoms with E-state index in [-0.39, 0.29) is 11.8 Å². The summed E-state index contributed by atoms with van der Waals surface area (Å²) in [5, 5.41) is 10.4. The molecule has 2 atom stereocenters. The average Bonchev–Trinajstić information content (AvgIpc) is 3.10. The third kappa shape index (κ3) is 2.58. The second-order valence-corrected chi connectivity index (χ2v) is 5.23. The fourth-order valence-corrected chi connectivity index (χ4v) is 2.52. The van der Waals surface area contributed by atoms with E-state index in [1.807, 2.05) is 36.5 Å². The van der Waals surface area contributed by atoms with E-state index in [9.17, 15) is 4.79 Å². The first-order chi connectivity index (χ1) is 9.74. The number of carbonyl (C=O) groups is 1. The lowest BCUT2D eigenvalue weighted by molar-refractivity contribution is -0.120. The van der Waals surface area contributed by atoms with Crippen LogP contribution in [0.4, 0.5) is 5.69 Å². The summed E-state index contributed by atoms with van der Waals surface area (Å²) in [4.78, 5) is 12.2. The van der Waals surface area contributed by atoms with Gasteiger partial charge in [-0.1, -0.05) is 6.92 Å². The summed E-state index contributed by atoms with van der Waals surface area (Å²) >= 11 is 0. The summed E-state index contributed by atoms with van der Waals surface area (Å²) in [6.45, 7) is 3.78. The summed E-state index contributed by atoms with van der Waals surface area (Å²) in [6, 6.07) is 9.58. The molecule has 2 unspecified atom stereocenters. The molecule has 3 rings (SSSR count). The van der Waals surface area contributed by atoms with E-state index in [0.29, 0.717) is 5.92 Å². The fraction of sp³-hybridized carbons (Fsp3) is 0.333. The van der Waals surface area contributed by atoms with Crippen LogP contribution in [0.15, 0.2) is 42.7 Å². The second kappa shape index (κ2) is 5.46. The maximum atomic E-state index is 12.2. The monoisotopic (exact) mass is 270 g/mol. The first-order valence-corrected chi connectivity index (χ1v) is 6.86. The van der Waals surface area contributed by atoms with Crippen molar-refractivity contribution in [2.75, 3.05) is 18.4 Å². The average molecular weight is 270 g/mol. The molecule has 0 aliphatic carbocycles. The molecule has 2 aromatic rings. The van der Waals surface area contributed by atoms with Crippen molar-refractivity contribution in [2.24, 2.45) is 11.8 Å². The van der Waals surface area contributed by atoms with E-state index in [4.69, 9.17) is 0 Å². The number of nitrogens with one attached hydrogen (secondary N) is 2. The molecule has 1 aromatic carbocycles. The Labute approximate surface area is 118 Å². The van der Waals surface area contributed by atoms with Crippen molar-refractivity contribution in [1.29, 1.82) is 0 Å². The van der Waals surface area contributed by atoms with Gasteiger partial charge in [0.15, 0.2) is 0 Å². The molecule has 5 nitrogen and oxygen atoms in total. The molecular formula is C15H18N4O. The number of benzene rings is 1. The molecule has 1 aromatic heterocycles. The van der Waals surface area contributed by atoms with Gasteiger partial charge in [-0.25, -0.2) is 4.68 Å². The Morgan fingerprint density at radius 1 is 1.35 bits per heavy atom. The van der Waals surface area contributed by atoms with Gasteiger partial charge in [0, 0.05) is 24.6 Å². The van der Waals surface area contributed by atoms with Crippen LogP contribution in [0.25, 0.3) is 5.69 Å². The Morgan fingerprint density at radius 3 is 2.75 bits per heavy atom. The molecule has 1 fully saturated rings. The second-order valence-electron chi connectivity index (χ2n) is 5.23. The molecular weight excluding hydrogens is 252 g/mol. The lowest BCUT2D eigenvalue weighted by atomic mass is 9.97. The highest BCUT2D eigenvalue weighted by atomic mass is 16.1. The predicted molar refractivity (Wildman–Crippen MR) is 77.7 cm³/mol. The van der Waals surface area contributed by atoms with Gasteiger partial charge in [-0.3, -0.25) is 4.79 Å². The SMILES string of the molecule is CC1CNCC1C(=O)Nc1ccc(-n2cccn2)cc1. The molecule has 2 heterocycles. The van der Waals surface area contributed by atoms with Gasteiger partial charge >= 0.3 is 0 Å². The highest BCUT2D eigenvalue weighted by molar-refractivity contribution is 5.93. The summed E-state index contributed by atoms with van der Waals surface area (Å²) in [5.74, 6) is 0.536. The predicted octanol–water partition coefficient (Wildman–Crippen LogP) is 1.67. The highest BCUT2D eigenvalue weighted by Gasteiger charge is 2.29. The topological polar surface area (TPSA) is 59.0 Å². The first kappa shape index (κ1) is 12.9. The van der Waals surface area contributed by atoms with Crippen LogP contribution in [0.5, 0.6) is 0 Å². The third-order valence-corrected chi connectivity index (χ3v) is 3.76. The van der Waals surface area contributed by atoms with E-state index in [1.54, 1.807) is 10.9 Å². The Bertz CT molecular complexity index is 576. The number of nitrogens with zero attached hydrogens (tertiary/aromatic N) is 2. The van der Waals surface area contributed by atoms with Crippen molar-refractivity contribution in [3.8, 4) is 5.69 Å². The van der Waals surface area contributed by atoms with E-state index in [1.165, 1.54) is 0 Å². The molecule has 104 valence electrons. The van der Waals surface area contributed by atoms with Crippen LogP contribution in [-0.2, 0) is 4.79 Å². The van der Waals surface area contributed by atoms with Crippen LogP contribution >= 0.6 is 0 Å². The number of amides is 1. The Hall–Kier alpha value is -2.14. The summed E-state index contributed by atoms with van der Waals surface area (Å²) in [7, 11) is 0. The van der Waals surface area contributed by atoms with Crippen molar-refractivity contribution in [1.82, 2.24) is 15.1 Å². The van der Waals surface area contributed by atoms with Gasteiger partial charge in [0.05, 0.1) is 11.6 Å². The van der Waals surface area contributed by atoms with Crippen molar-refractivity contribution in [3.63, 3.8) is 0 Å². The number of hydrogen-bond acceptors (Lipinski definition) is 3. The van der Waals surface area contributed by atoms with Crippen LogP contribution in [0.2, 0.25) is 0 Å². The van der Waals surface area contributed by atoms with Crippen molar-refractivity contribution in [3.05, 3.63) is 42.7 Å². The summed E-state index contributed by atoms with van der Waals surface area (Å²) < 4.78 is 1.79. The van der Waals surface area contributed by atoms with Gasteiger partial charge in [-0.2, -0.15) is 5.10 Å². The Balaban J connectivity index is 1.68. The van der Waals surface area contributed by atoms with Gasteiger partial charge in [0.2, 0.25) is 5.91 Å². The molecule has 0 saturated carbocycles. The Kier molecular flexibility index (Phi) is 3.52. The smallest absolute Gasteiger partial charge is 0.229 e. The molecule has 5 heteroatoms. The minimum atomic E-state index is 0.0563. The number of aromatic nitrogens is 2. The van der Waals surface area contributed by atoms with Gasteiger partial charge in [0.1, 0.15) is 0 Å². The van der Waals surface area contributed by atoms with Crippen molar-refractivity contribution in [2.45, 2.75) is 6.92 Å². The molecule has 0 radical (unpaired) electrons. The lowest BCUT2D eigenvalue weighted by Gasteiger charge is -2.14. The van der Waals surface area contributed by atoms with Crippen LogP contribution < -0.4 is 10.6 Å². The van der Waals surface area contributed by atoms with Gasteiger partial charge in [-0.15, -0.1) is 0 Å². The molecule has 2 N–H and O–H groups in total. The molecule has 1 saturated heterocycles. The Morgan fingerprint density at radius 2 is 2.15 bits per heavy atom. The zero-order valence-electron chi connectivity index (χ0n) is 11.4. The van der Waals surface area contributed by atoms with Crippen LogP contribution in [-0.4, -0.2) is 28.8 Å². The van der Waals surface area contributed by atoms with E-state index in [0.717, 1.165) is 24.5 Å². The number of carbonyl (C=O) groups excluding carboxylic acids is 1. The van der Waals surface area contributed by atoms with E-state index >= 15 is 0 Å². The first-order valence-electron chi connectivity index (χ1n) is 6.86. The van der Waals surface area contributed by atoms with Crippen molar-refractivity contribution >= 4 is 11.6 Å². The maximum absolute atomic E-state index is 12.2. The lowest BCUT2D eigenvalue weighted by Crippen LogP contribution is -2.27. The molecule has 1 amide bonds. The zero-order chi connectivity index (χ0) is 13.9. The van der Waals surface area contributed by atoms with Crippen LogP contribution in [0.3, 0.4) is 0 Å². The number of rotatable bonds is 3. The quantitative estimate of drug-likeness (QED) is 0.892. The van der Waals surface area contributed by atoms with Gasteiger partial charge < -0.3 is 10.6 Å². The van der Waals surface area contributed by atoms with E-state index < -0.39 is 0 Å². The third-order valence-electron chi connectivity index (χ3n) is 3.76. The summed E-state index contributed by atoms with van der Waals surface area (Å²) in [6.07, 6.45) is 3.63. The van der Waals surface area contributed by atoms with E-state index in [2.05, 4.69) is 22.7 Å². The molecule has 0 spiro atoms. The van der Waals surface area contributed by atoms with Gasteiger partial charge in [-0.05, 0) is 42.8 Å². The molecule has 1 aliphatic heterocycles. The van der Waals surface area contributed by atoms with Crippen LogP contribution in [0.1, 0.15) is 6.92 Å². The largest absolute Gasteiger partial charge is 0.326 e. The fourth-order valence-electron chi connectivity index (χ4n) is 2.52. The molecule has 1 aliphatic rings. The maximum Gasteiger partial charge on any atom is 0.229 e. The summed E-state index contributed by atoms with van der Waals surface area (Å²) in [5.41, 5.74) is 1.80. The minimum absolute atomic E-state index is 0.0563. The standard InChI is InChI=1S/C15H18N4O/c1-11-9-16-10-14(11)15(20)18-12-3-5-13(6-4-12)19-8-2-7-17-19/h2-8,11,14,16H,9-10H2,1H3,(H,18,20). The number of anilines is 1. The van der Waals surface area contributed by atoms with Gasteiger partial charge in [0.25, 0.3) is 0 Å². The molecule has 20 heavy (non-hydrogen) atoms. The van der Waals surface area contributed by atoms with Crippen LogP contribution in [0, 0.1) is 11.8 Å². The van der Waals surface area contributed by atoms with Crippen molar-refractivity contribution < 1.29 is 4.79 Å². The minimum Gasteiger partial charge on any atom is -0.326 e. The number of hydrogen-bond donors (Lipinski definition) is 2. The molecule has 0 bridgehead atoms.